The first-order valence-electron chi connectivity index (χ1n) is 41.3. The summed E-state index contributed by atoms with van der Waals surface area (Å²) in [4.78, 5) is 0. The monoisotopic (exact) mass is 1550 g/mol. The van der Waals surface area contributed by atoms with Gasteiger partial charge in [0.05, 0.1) is 22.1 Å². The van der Waals surface area contributed by atoms with Crippen LogP contribution in [0.4, 0.5) is 0 Å². The molecule has 0 radical (unpaired) electrons. The molecule has 14 aromatic rings. The molecule has 0 atom stereocenters. The van der Waals surface area contributed by atoms with Crippen LogP contribution in [0.15, 0.2) is 207 Å². The molecule has 4 aromatic heterocycles. The van der Waals surface area contributed by atoms with E-state index in [-0.39, 0.29) is 43.3 Å². The Hall–Kier alpha value is -9.18. The lowest BCUT2D eigenvalue weighted by molar-refractivity contribution is 0.568. The van der Waals surface area contributed by atoms with E-state index in [0.29, 0.717) is 0 Å². The molecular weight excluding hydrogens is 1420 g/mol. The maximum Gasteiger partial charge on any atom is 0.318 e. The van der Waals surface area contributed by atoms with Crippen LogP contribution in [-0.2, 0) is 43.3 Å². The third kappa shape index (κ3) is 15.9. The van der Waals surface area contributed by atoms with E-state index in [4.69, 9.17) is 9.05 Å². The molecule has 0 fully saturated rings. The molecule has 0 saturated carbocycles. The summed E-state index contributed by atoms with van der Waals surface area (Å²) in [6, 6.07) is 71.0. The number of nitrogens with zero attached hydrogens (tertiary/aromatic N) is 4. The smallest absolute Gasteiger partial charge is 0.318 e. The van der Waals surface area contributed by atoms with Crippen molar-refractivity contribution >= 4 is 60.5 Å². The van der Waals surface area contributed by atoms with Crippen LogP contribution < -0.4 is 9.05 Å². The Morgan fingerprint density at radius 1 is 0.211 bits per heavy atom. The van der Waals surface area contributed by atoms with Crippen molar-refractivity contribution in [1.29, 1.82) is 0 Å². The van der Waals surface area contributed by atoms with Gasteiger partial charge in [0.2, 0.25) is 0 Å². The summed E-state index contributed by atoms with van der Waals surface area (Å²) in [5, 5.41) is 4.57. The number of aryl methyl sites for hydroxylation is 2. The lowest BCUT2D eigenvalue weighted by Crippen LogP contribution is -2.16. The first-order chi connectivity index (χ1) is 53.0. The van der Waals surface area contributed by atoms with E-state index in [0.717, 1.165) is 88.5 Å². The topological polar surface area (TPSA) is 38.2 Å². The lowest BCUT2D eigenvalue weighted by Gasteiger charge is -2.29. The highest BCUT2D eigenvalue weighted by molar-refractivity contribution is 7.50. The van der Waals surface area contributed by atoms with Crippen molar-refractivity contribution in [3.63, 3.8) is 0 Å². The van der Waals surface area contributed by atoms with Gasteiger partial charge in [-0.2, -0.15) is 0 Å². The van der Waals surface area contributed by atoms with Crippen molar-refractivity contribution < 1.29 is 9.05 Å². The summed E-state index contributed by atoms with van der Waals surface area (Å²) < 4.78 is 26.5. The van der Waals surface area contributed by atoms with Gasteiger partial charge < -0.3 is 9.05 Å². The van der Waals surface area contributed by atoms with Crippen molar-refractivity contribution in [3.05, 3.63) is 285 Å². The average Bonchev–Trinajstić information content (AvgIpc) is 0.904. The van der Waals surface area contributed by atoms with E-state index in [9.17, 15) is 0 Å². The van der Waals surface area contributed by atoms with Crippen molar-refractivity contribution in [2.75, 3.05) is 0 Å². The Labute approximate surface area is 685 Å². The fraction of sp³-hybridized carbons (Fsp3) is 0.358. The highest BCUT2D eigenvalue weighted by Gasteiger charge is 2.34. The quantitative estimate of drug-likeness (QED) is 0.108. The third-order valence-electron chi connectivity index (χ3n) is 24.3. The van der Waals surface area contributed by atoms with Gasteiger partial charge >= 0.3 is 16.9 Å². The van der Waals surface area contributed by atoms with Gasteiger partial charge in [-0.25, -0.2) is 0 Å². The molecular formula is C106H124N4O2P2. The molecule has 0 aliphatic carbocycles. The van der Waals surface area contributed by atoms with Crippen LogP contribution in [-0.4, -0.2) is 17.4 Å². The highest BCUT2D eigenvalue weighted by Crippen LogP contribution is 2.57. The predicted octanol–water partition coefficient (Wildman–Crippen LogP) is 31.5. The van der Waals surface area contributed by atoms with Gasteiger partial charge in [-0.1, -0.05) is 287 Å². The first kappa shape index (κ1) is 81.4. The van der Waals surface area contributed by atoms with Gasteiger partial charge in [-0.05, 0) is 268 Å². The van der Waals surface area contributed by atoms with Crippen molar-refractivity contribution in [2.45, 2.75) is 251 Å². The summed E-state index contributed by atoms with van der Waals surface area (Å²) in [6.07, 6.45) is 9.10. The van der Waals surface area contributed by atoms with Gasteiger partial charge in [-0.3, -0.25) is 17.4 Å². The number of fused-ring (bicyclic) bond motifs is 4. The molecule has 4 heterocycles. The minimum absolute atomic E-state index is 0.0586. The minimum Gasteiger partial charge on any atom is -0.435 e. The summed E-state index contributed by atoms with van der Waals surface area (Å²) in [6.45, 7) is 69.6. The third-order valence-corrected chi connectivity index (χ3v) is 27.9. The summed E-state index contributed by atoms with van der Waals surface area (Å²) in [5.41, 5.74) is 33.1. The summed E-state index contributed by atoms with van der Waals surface area (Å²) >= 11 is 0. The molecule has 10 aromatic carbocycles. The van der Waals surface area contributed by atoms with Crippen molar-refractivity contribution in [3.8, 4) is 67.1 Å². The van der Waals surface area contributed by atoms with Crippen LogP contribution in [0.2, 0.25) is 0 Å². The minimum atomic E-state index is -1.80. The fourth-order valence-corrected chi connectivity index (χ4v) is 19.4. The second-order valence-corrected chi connectivity index (χ2v) is 44.4. The molecule has 114 heavy (non-hydrogen) atoms. The highest BCUT2D eigenvalue weighted by atomic mass is 31.2. The zero-order chi connectivity index (χ0) is 82.5. The molecule has 0 unspecified atom stereocenters. The zero-order valence-corrected chi connectivity index (χ0v) is 75.9. The van der Waals surface area contributed by atoms with Crippen LogP contribution in [0.1, 0.15) is 244 Å². The molecule has 0 aliphatic rings. The number of hydrogen-bond acceptors (Lipinski definition) is 2. The maximum atomic E-state index is 8.37. The molecule has 8 heteroatoms. The number of rotatable bonds is 13. The lowest BCUT2D eigenvalue weighted by atomic mass is 9.79. The molecule has 14 rings (SSSR count). The van der Waals surface area contributed by atoms with Crippen LogP contribution >= 0.6 is 16.9 Å². The van der Waals surface area contributed by atoms with Gasteiger partial charge in [-0.15, -0.1) is 0 Å². The standard InChI is InChI=1S/C106H124N4O2P2/c1-65-47-95(111-113(107-43-39-71-31-35-75(57-91(71)107)79-49-83(99(7,8)9)61-84(50-79)100(10,11)12)108-44-40-72-32-36-76(58-92(72)108)80-51-85(101(13,14)15)62-86(52-80)102(16,17)18)97(69(5)67(65)3)98-70(6)68(4)66(2)48-96(98)112-114(109-45-41-73-33-37-77(59-93(73)109)81-53-87(103(19,20)21)63-88(54-81)104(22,23)24)110-46-42-74-34-38-78(60-94(74)110)82-55-89(105(25,26)27)64-90(56-82)106(28,29)30/h31-64H,1-30H3. The Kier molecular flexibility index (Phi) is 20.6. The normalized spacial score (nSPS) is 13.2. The molecule has 0 bridgehead atoms. The van der Waals surface area contributed by atoms with Crippen LogP contribution in [0.25, 0.3) is 99.2 Å². The molecule has 590 valence electrons. The number of hydrogen-bond donors (Lipinski definition) is 0. The van der Waals surface area contributed by atoms with Gasteiger partial charge in [0.25, 0.3) is 0 Å². The summed E-state index contributed by atoms with van der Waals surface area (Å²) in [5.74, 6) is 1.59. The Balaban J connectivity index is 1.01. The second-order valence-electron chi connectivity index (χ2n) is 41.3. The molecule has 0 N–H and O–H groups in total. The van der Waals surface area contributed by atoms with E-state index in [1.165, 1.54) is 100 Å². The summed E-state index contributed by atoms with van der Waals surface area (Å²) in [7, 11) is -3.59. The van der Waals surface area contributed by atoms with Gasteiger partial charge in [0.15, 0.2) is 0 Å². The second kappa shape index (κ2) is 28.9. The largest absolute Gasteiger partial charge is 0.435 e. The van der Waals surface area contributed by atoms with E-state index in [1.54, 1.807) is 0 Å². The SMILES string of the molecule is Cc1cc(OP(n2ccc3ccc(-c4cc(C(C)(C)C)cc(C(C)(C)C)c4)cc32)n2ccc3ccc(-c4cc(C(C)(C)C)cc(C(C)(C)C)c4)cc32)c(-c2c(OP(n3ccc4ccc(-c5cc(C(C)(C)C)cc(C(C)(C)C)c5)cc43)n3ccc4ccc(-c5cc(C(C)(C)C)cc(C(C)(C)C)c5)cc43)cc(C)c(C)c2C)c(C)c1C. The van der Waals surface area contributed by atoms with Crippen molar-refractivity contribution in [2.24, 2.45) is 0 Å². The molecule has 0 saturated heterocycles. The van der Waals surface area contributed by atoms with E-state index in [1.807, 2.05) is 0 Å². The van der Waals surface area contributed by atoms with Crippen LogP contribution in [0, 0.1) is 41.5 Å². The molecule has 6 nitrogen and oxygen atoms in total. The fourth-order valence-electron chi connectivity index (χ4n) is 15.8. The zero-order valence-electron chi connectivity index (χ0n) is 74.1. The van der Waals surface area contributed by atoms with E-state index >= 15 is 0 Å². The van der Waals surface area contributed by atoms with Gasteiger partial charge in [0.1, 0.15) is 11.5 Å². The Morgan fingerprint density at radius 2 is 0.404 bits per heavy atom. The Bertz CT molecular complexity index is 5290. The molecule has 0 aliphatic heterocycles. The number of aromatic nitrogens is 4. The van der Waals surface area contributed by atoms with E-state index in [2.05, 4.69) is 432 Å². The van der Waals surface area contributed by atoms with Gasteiger partial charge in [0, 0.05) is 57.5 Å². The molecule has 0 amide bonds. The average molecular weight is 1550 g/mol. The Morgan fingerprint density at radius 3 is 0.588 bits per heavy atom. The van der Waals surface area contributed by atoms with Crippen LogP contribution in [0.3, 0.4) is 0 Å². The van der Waals surface area contributed by atoms with Crippen LogP contribution in [0.5, 0.6) is 11.5 Å². The number of benzene rings is 10. The maximum absolute atomic E-state index is 8.37. The predicted molar refractivity (Wildman–Crippen MR) is 496 cm³/mol. The van der Waals surface area contributed by atoms with Crippen molar-refractivity contribution in [1.82, 2.24) is 17.4 Å². The van der Waals surface area contributed by atoms with E-state index < -0.39 is 16.9 Å². The first-order valence-corrected chi connectivity index (χ1v) is 43.6. The molecule has 0 spiro atoms.